The van der Waals surface area contributed by atoms with E-state index in [4.69, 9.17) is 5.11 Å². The number of rotatable bonds is 3. The number of carboxylic acid groups (broad SMARTS) is 1. The highest BCUT2D eigenvalue weighted by Gasteiger charge is 2.08. The molecule has 1 N–H and O–H groups in total. The van der Waals surface area contributed by atoms with Gasteiger partial charge in [-0.3, -0.25) is 0 Å². The first-order valence-corrected chi connectivity index (χ1v) is 5.43. The maximum absolute atomic E-state index is 10.7. The number of likely N-dealkylation sites (N-methyl/N-ethyl adjacent to an activating group) is 1. The number of nitrogens with zero attached hydrogens (tertiary/aromatic N) is 1. The van der Waals surface area contributed by atoms with E-state index in [1.54, 1.807) is 7.05 Å². The lowest BCUT2D eigenvalue weighted by atomic mass is 9.97. The predicted octanol–water partition coefficient (Wildman–Crippen LogP) is 2.76. The Morgan fingerprint density at radius 3 is 2.44 bits per heavy atom. The molecule has 3 heteroatoms. The van der Waals surface area contributed by atoms with Gasteiger partial charge in [-0.05, 0) is 49.4 Å². The molecule has 0 unspecified atom stereocenters. The predicted molar refractivity (Wildman–Crippen MR) is 65.0 cm³/mol. The lowest BCUT2D eigenvalue weighted by Gasteiger charge is -2.15. The Morgan fingerprint density at radius 2 is 1.88 bits per heavy atom. The SMILES string of the molecule is Cc1ccc(CCN(C)C(=O)O)c(C)c1C. The smallest absolute Gasteiger partial charge is 0.407 e. The molecule has 0 heterocycles. The number of hydrogen-bond acceptors (Lipinski definition) is 1. The van der Waals surface area contributed by atoms with Gasteiger partial charge in [0.2, 0.25) is 0 Å². The third kappa shape index (κ3) is 2.75. The highest BCUT2D eigenvalue weighted by molar-refractivity contribution is 5.64. The number of benzene rings is 1. The van der Waals surface area contributed by atoms with Crippen molar-refractivity contribution in [2.75, 3.05) is 13.6 Å². The summed E-state index contributed by atoms with van der Waals surface area (Å²) in [6.45, 7) is 6.83. The minimum atomic E-state index is -0.874. The minimum absolute atomic E-state index is 0.540. The van der Waals surface area contributed by atoms with E-state index in [9.17, 15) is 4.79 Å². The summed E-state index contributed by atoms with van der Waals surface area (Å²) in [6, 6.07) is 4.19. The van der Waals surface area contributed by atoms with Crippen LogP contribution in [0.2, 0.25) is 0 Å². The van der Waals surface area contributed by atoms with Gasteiger partial charge in [0.05, 0.1) is 0 Å². The van der Waals surface area contributed by atoms with Crippen molar-refractivity contribution >= 4 is 6.09 Å². The summed E-state index contributed by atoms with van der Waals surface area (Å²) in [5.41, 5.74) is 5.10. The molecular weight excluding hydrogens is 202 g/mol. The fraction of sp³-hybridized carbons (Fsp3) is 0.462. The Bertz CT molecular complexity index is 399. The maximum atomic E-state index is 10.7. The lowest BCUT2D eigenvalue weighted by Crippen LogP contribution is -2.27. The Morgan fingerprint density at radius 1 is 1.25 bits per heavy atom. The molecule has 0 bridgehead atoms. The molecule has 0 spiro atoms. The van der Waals surface area contributed by atoms with Crippen LogP contribution in [0.15, 0.2) is 12.1 Å². The number of amides is 1. The van der Waals surface area contributed by atoms with Crippen LogP contribution in [-0.2, 0) is 6.42 Å². The van der Waals surface area contributed by atoms with Crippen LogP contribution in [0.1, 0.15) is 22.3 Å². The zero-order chi connectivity index (χ0) is 12.3. The molecule has 0 aliphatic rings. The summed E-state index contributed by atoms with van der Waals surface area (Å²) in [6.07, 6.45) is -0.100. The van der Waals surface area contributed by atoms with E-state index in [-0.39, 0.29) is 0 Å². The van der Waals surface area contributed by atoms with E-state index < -0.39 is 6.09 Å². The summed E-state index contributed by atoms with van der Waals surface area (Å²) in [7, 11) is 1.60. The van der Waals surface area contributed by atoms with E-state index >= 15 is 0 Å². The van der Waals surface area contributed by atoms with Crippen molar-refractivity contribution in [2.45, 2.75) is 27.2 Å². The van der Waals surface area contributed by atoms with Gasteiger partial charge in [0.15, 0.2) is 0 Å². The van der Waals surface area contributed by atoms with Crippen LogP contribution < -0.4 is 0 Å². The Hall–Kier alpha value is -1.51. The number of aryl methyl sites for hydroxylation is 1. The topological polar surface area (TPSA) is 40.5 Å². The van der Waals surface area contributed by atoms with Gasteiger partial charge in [0.25, 0.3) is 0 Å². The summed E-state index contributed by atoms with van der Waals surface area (Å²) in [5, 5.41) is 8.75. The maximum Gasteiger partial charge on any atom is 0.407 e. The van der Waals surface area contributed by atoms with Gasteiger partial charge in [-0.2, -0.15) is 0 Å². The molecule has 3 nitrogen and oxygen atoms in total. The van der Waals surface area contributed by atoms with Gasteiger partial charge in [-0.15, -0.1) is 0 Å². The first-order valence-electron chi connectivity index (χ1n) is 5.43. The highest BCUT2D eigenvalue weighted by Crippen LogP contribution is 2.17. The highest BCUT2D eigenvalue weighted by atomic mass is 16.4. The molecule has 0 aliphatic carbocycles. The van der Waals surface area contributed by atoms with E-state index in [0.29, 0.717) is 6.54 Å². The molecule has 1 aromatic rings. The molecule has 0 saturated carbocycles. The molecule has 0 fully saturated rings. The second kappa shape index (κ2) is 5.01. The van der Waals surface area contributed by atoms with Crippen molar-refractivity contribution in [3.63, 3.8) is 0 Å². The van der Waals surface area contributed by atoms with Gasteiger partial charge in [0, 0.05) is 13.6 Å². The molecule has 0 atom stereocenters. The molecule has 16 heavy (non-hydrogen) atoms. The molecule has 1 amide bonds. The Balaban J connectivity index is 2.75. The molecule has 0 saturated heterocycles. The van der Waals surface area contributed by atoms with Crippen molar-refractivity contribution in [3.8, 4) is 0 Å². The quantitative estimate of drug-likeness (QED) is 0.852. The van der Waals surface area contributed by atoms with E-state index in [1.165, 1.54) is 27.2 Å². The van der Waals surface area contributed by atoms with Gasteiger partial charge in [0.1, 0.15) is 0 Å². The van der Waals surface area contributed by atoms with Crippen molar-refractivity contribution < 1.29 is 9.90 Å². The van der Waals surface area contributed by atoms with Crippen molar-refractivity contribution in [2.24, 2.45) is 0 Å². The standard InChI is InChI=1S/C13H19NO2/c1-9-5-6-12(11(3)10(9)2)7-8-14(4)13(15)16/h5-6H,7-8H2,1-4H3,(H,15,16). The van der Waals surface area contributed by atoms with Crippen LogP contribution in [0, 0.1) is 20.8 Å². The average Bonchev–Trinajstić information content (AvgIpc) is 2.24. The molecule has 0 aliphatic heterocycles. The van der Waals surface area contributed by atoms with E-state index in [0.717, 1.165) is 6.42 Å². The third-order valence-corrected chi connectivity index (χ3v) is 3.21. The molecular formula is C13H19NO2. The second-order valence-electron chi connectivity index (χ2n) is 4.25. The molecule has 0 aromatic heterocycles. The van der Waals surface area contributed by atoms with E-state index in [2.05, 4.69) is 32.9 Å². The average molecular weight is 221 g/mol. The first kappa shape index (κ1) is 12.6. The second-order valence-corrected chi connectivity index (χ2v) is 4.25. The van der Waals surface area contributed by atoms with Gasteiger partial charge in [-0.25, -0.2) is 4.79 Å². The number of carbonyl (C=O) groups is 1. The van der Waals surface area contributed by atoms with E-state index in [1.807, 2.05) is 0 Å². The monoisotopic (exact) mass is 221 g/mol. The zero-order valence-electron chi connectivity index (χ0n) is 10.4. The Labute approximate surface area is 96.7 Å². The summed E-state index contributed by atoms with van der Waals surface area (Å²) < 4.78 is 0. The van der Waals surface area contributed by atoms with Crippen LogP contribution in [-0.4, -0.2) is 29.7 Å². The Kier molecular flexibility index (Phi) is 3.93. The van der Waals surface area contributed by atoms with Crippen LogP contribution in [0.5, 0.6) is 0 Å². The van der Waals surface area contributed by atoms with Gasteiger partial charge < -0.3 is 10.0 Å². The summed E-state index contributed by atoms with van der Waals surface area (Å²) in [4.78, 5) is 12.0. The van der Waals surface area contributed by atoms with Gasteiger partial charge in [-0.1, -0.05) is 12.1 Å². The lowest BCUT2D eigenvalue weighted by molar-refractivity contribution is 0.156. The third-order valence-electron chi connectivity index (χ3n) is 3.21. The van der Waals surface area contributed by atoms with Crippen LogP contribution in [0.4, 0.5) is 4.79 Å². The van der Waals surface area contributed by atoms with Crippen molar-refractivity contribution in [1.82, 2.24) is 4.90 Å². The van der Waals surface area contributed by atoms with Crippen molar-refractivity contribution in [3.05, 3.63) is 34.4 Å². The number of hydrogen-bond donors (Lipinski definition) is 1. The van der Waals surface area contributed by atoms with Crippen LogP contribution >= 0.6 is 0 Å². The molecule has 88 valence electrons. The van der Waals surface area contributed by atoms with Gasteiger partial charge >= 0.3 is 6.09 Å². The molecule has 1 rings (SSSR count). The summed E-state index contributed by atoms with van der Waals surface area (Å²) >= 11 is 0. The summed E-state index contributed by atoms with van der Waals surface area (Å²) in [5.74, 6) is 0. The fourth-order valence-electron chi connectivity index (χ4n) is 1.67. The largest absolute Gasteiger partial charge is 0.465 e. The fourth-order valence-corrected chi connectivity index (χ4v) is 1.67. The molecule has 0 radical (unpaired) electrons. The van der Waals surface area contributed by atoms with Crippen LogP contribution in [0.3, 0.4) is 0 Å². The van der Waals surface area contributed by atoms with Crippen LogP contribution in [0.25, 0.3) is 0 Å². The van der Waals surface area contributed by atoms with Crippen molar-refractivity contribution in [1.29, 1.82) is 0 Å². The molecule has 1 aromatic carbocycles. The first-order chi connectivity index (χ1) is 7.43. The minimum Gasteiger partial charge on any atom is -0.465 e. The normalized spacial score (nSPS) is 10.2. The zero-order valence-corrected chi connectivity index (χ0v) is 10.4.